The van der Waals surface area contributed by atoms with Gasteiger partial charge in [-0.1, -0.05) is 74.7 Å². The number of hydrogen-bond donors (Lipinski definition) is 0. The van der Waals surface area contributed by atoms with Gasteiger partial charge in [-0.2, -0.15) is 0 Å². The average Bonchev–Trinajstić information content (AvgIpc) is 2.48. The van der Waals surface area contributed by atoms with Gasteiger partial charge >= 0.3 is 0 Å². The molecule has 0 saturated carbocycles. The topological polar surface area (TPSA) is 34.1 Å². The van der Waals surface area contributed by atoms with Crippen LogP contribution in [0.2, 0.25) is 0 Å². The van der Waals surface area contributed by atoms with Crippen molar-refractivity contribution in [3.63, 3.8) is 0 Å². The summed E-state index contributed by atoms with van der Waals surface area (Å²) < 4.78 is 0. The fraction of sp³-hybridized carbons (Fsp3) is 0.882. The Labute approximate surface area is 133 Å². The third-order valence-electron chi connectivity index (χ3n) is 3.85. The fourth-order valence-corrected chi connectivity index (χ4v) is 2.89. The van der Waals surface area contributed by atoms with Crippen LogP contribution in [-0.2, 0) is 9.59 Å². The number of unbranched alkanes of at least 4 members (excludes halogenated alkanes) is 7. The van der Waals surface area contributed by atoms with Crippen molar-refractivity contribution in [2.24, 2.45) is 5.92 Å². The Hall–Kier alpha value is -0.180. The zero-order valence-corrected chi connectivity index (χ0v) is 14.8. The molecule has 3 heteroatoms. The highest BCUT2D eigenvalue weighted by molar-refractivity contribution is 9.09. The summed E-state index contributed by atoms with van der Waals surface area (Å²) in [5.41, 5.74) is 0. The van der Waals surface area contributed by atoms with E-state index in [2.05, 4.69) is 15.9 Å². The van der Waals surface area contributed by atoms with Gasteiger partial charge in [-0.25, -0.2) is 0 Å². The van der Waals surface area contributed by atoms with Crippen LogP contribution in [0, 0.1) is 5.92 Å². The number of carbonyl (C=O) groups is 2. The van der Waals surface area contributed by atoms with E-state index < -0.39 is 0 Å². The van der Waals surface area contributed by atoms with E-state index in [-0.39, 0.29) is 17.5 Å². The van der Waals surface area contributed by atoms with Crippen LogP contribution in [0.1, 0.15) is 84.5 Å². The van der Waals surface area contributed by atoms with Crippen LogP contribution in [0.3, 0.4) is 0 Å². The number of Topliss-reactive ketones (excluding diaryl/α,β-unsaturated/α-hetero) is 2. The van der Waals surface area contributed by atoms with Crippen LogP contribution < -0.4 is 0 Å². The van der Waals surface area contributed by atoms with Gasteiger partial charge in [-0.3, -0.25) is 9.59 Å². The Morgan fingerprint density at radius 3 is 1.55 bits per heavy atom. The molecular weight excluding hydrogens is 316 g/mol. The normalized spacial score (nSPS) is 11.0. The Morgan fingerprint density at radius 2 is 1.15 bits per heavy atom. The molecule has 0 radical (unpaired) electrons. The van der Waals surface area contributed by atoms with Crippen LogP contribution >= 0.6 is 15.9 Å². The van der Waals surface area contributed by atoms with Crippen molar-refractivity contribution in [2.45, 2.75) is 84.5 Å². The molecule has 20 heavy (non-hydrogen) atoms. The number of carbonyl (C=O) groups excluding carboxylic acids is 2. The van der Waals surface area contributed by atoms with Crippen LogP contribution in [0.25, 0.3) is 0 Å². The van der Waals surface area contributed by atoms with Gasteiger partial charge in [0.25, 0.3) is 0 Å². The molecular formula is C17H31BrO2. The fourth-order valence-electron chi connectivity index (χ4n) is 2.50. The molecule has 0 unspecified atom stereocenters. The molecule has 0 aromatic heterocycles. The van der Waals surface area contributed by atoms with Gasteiger partial charge < -0.3 is 0 Å². The lowest BCUT2D eigenvalue weighted by Gasteiger charge is -2.12. The first-order chi connectivity index (χ1) is 9.67. The van der Waals surface area contributed by atoms with E-state index in [1.165, 1.54) is 38.5 Å². The van der Waals surface area contributed by atoms with Crippen LogP contribution in [-0.4, -0.2) is 16.9 Å². The minimum Gasteiger partial charge on any atom is -0.299 e. The maximum absolute atomic E-state index is 11.8. The van der Waals surface area contributed by atoms with Gasteiger partial charge in [0.2, 0.25) is 0 Å². The van der Waals surface area contributed by atoms with Crippen molar-refractivity contribution in [1.82, 2.24) is 0 Å². The largest absolute Gasteiger partial charge is 0.299 e. The van der Waals surface area contributed by atoms with Crippen molar-refractivity contribution in [3.8, 4) is 0 Å². The van der Waals surface area contributed by atoms with Crippen molar-refractivity contribution in [3.05, 3.63) is 0 Å². The van der Waals surface area contributed by atoms with E-state index in [0.29, 0.717) is 12.8 Å². The van der Waals surface area contributed by atoms with Gasteiger partial charge in [0.05, 0.1) is 5.92 Å². The molecule has 0 rings (SSSR count). The first-order valence-corrected chi connectivity index (χ1v) is 9.40. The lowest BCUT2D eigenvalue weighted by atomic mass is 9.90. The van der Waals surface area contributed by atoms with Crippen molar-refractivity contribution >= 4 is 27.5 Å². The standard InChI is InChI=1S/C17H31BrO2/c1-3-16(19)15(17(20)4-2)13-11-9-7-5-6-8-10-12-14-18/h15H,3-14H2,1-2H3. The number of hydrogen-bond acceptors (Lipinski definition) is 2. The van der Waals surface area contributed by atoms with E-state index in [4.69, 9.17) is 0 Å². The molecule has 118 valence electrons. The molecule has 0 fully saturated rings. The van der Waals surface area contributed by atoms with E-state index in [0.717, 1.165) is 24.6 Å². The summed E-state index contributed by atoms with van der Waals surface area (Å²) in [6, 6.07) is 0. The summed E-state index contributed by atoms with van der Waals surface area (Å²) in [6.07, 6.45) is 11.7. The molecule has 0 N–H and O–H groups in total. The summed E-state index contributed by atoms with van der Waals surface area (Å²) in [4.78, 5) is 23.5. The molecule has 0 aliphatic heterocycles. The highest BCUT2D eigenvalue weighted by Gasteiger charge is 2.22. The first-order valence-electron chi connectivity index (χ1n) is 8.28. The van der Waals surface area contributed by atoms with Gasteiger partial charge in [-0.05, 0) is 12.8 Å². The smallest absolute Gasteiger partial charge is 0.143 e. The Bertz CT molecular complexity index is 248. The molecule has 2 nitrogen and oxygen atoms in total. The Kier molecular flexibility index (Phi) is 13.7. The molecule has 0 aliphatic rings. The Balaban J connectivity index is 3.64. The summed E-state index contributed by atoms with van der Waals surface area (Å²) >= 11 is 3.45. The lowest BCUT2D eigenvalue weighted by Crippen LogP contribution is -2.22. The highest BCUT2D eigenvalue weighted by atomic mass is 79.9. The maximum Gasteiger partial charge on any atom is 0.143 e. The van der Waals surface area contributed by atoms with E-state index >= 15 is 0 Å². The van der Waals surface area contributed by atoms with E-state index in [1.54, 1.807) is 0 Å². The van der Waals surface area contributed by atoms with Gasteiger partial charge in [0.15, 0.2) is 0 Å². The second-order valence-electron chi connectivity index (χ2n) is 5.50. The molecule has 0 aromatic rings. The molecule has 0 saturated heterocycles. The highest BCUT2D eigenvalue weighted by Crippen LogP contribution is 2.17. The average molecular weight is 347 g/mol. The van der Waals surface area contributed by atoms with E-state index in [9.17, 15) is 9.59 Å². The predicted molar refractivity (Wildman–Crippen MR) is 89.4 cm³/mol. The third-order valence-corrected chi connectivity index (χ3v) is 4.41. The zero-order chi connectivity index (χ0) is 15.2. The van der Waals surface area contributed by atoms with Crippen LogP contribution in [0.5, 0.6) is 0 Å². The van der Waals surface area contributed by atoms with Crippen LogP contribution in [0.4, 0.5) is 0 Å². The maximum atomic E-state index is 11.8. The number of alkyl halides is 1. The molecule has 0 aliphatic carbocycles. The molecule has 0 spiro atoms. The predicted octanol–water partition coefficient (Wildman–Crippen LogP) is 5.47. The van der Waals surface area contributed by atoms with Crippen molar-refractivity contribution in [1.29, 1.82) is 0 Å². The third kappa shape index (κ3) is 9.68. The number of ketones is 2. The second kappa shape index (κ2) is 13.8. The minimum atomic E-state index is -0.316. The van der Waals surface area contributed by atoms with Crippen molar-refractivity contribution in [2.75, 3.05) is 5.33 Å². The molecule has 0 amide bonds. The summed E-state index contributed by atoms with van der Waals surface area (Å²) in [5, 5.41) is 1.12. The lowest BCUT2D eigenvalue weighted by molar-refractivity contribution is -0.132. The van der Waals surface area contributed by atoms with Gasteiger partial charge in [-0.15, -0.1) is 0 Å². The summed E-state index contributed by atoms with van der Waals surface area (Å²) in [7, 11) is 0. The second-order valence-corrected chi connectivity index (χ2v) is 6.29. The van der Waals surface area contributed by atoms with Crippen molar-refractivity contribution < 1.29 is 9.59 Å². The first kappa shape index (κ1) is 19.8. The number of halogens is 1. The molecule has 0 aromatic carbocycles. The van der Waals surface area contributed by atoms with E-state index in [1.807, 2.05) is 13.8 Å². The molecule has 0 bridgehead atoms. The summed E-state index contributed by atoms with van der Waals surface area (Å²) in [6.45, 7) is 3.70. The van der Waals surface area contributed by atoms with Gasteiger partial charge in [0.1, 0.15) is 11.6 Å². The monoisotopic (exact) mass is 346 g/mol. The zero-order valence-electron chi connectivity index (χ0n) is 13.3. The summed E-state index contributed by atoms with van der Waals surface area (Å²) in [5.74, 6) is -0.0535. The van der Waals surface area contributed by atoms with Crippen LogP contribution in [0.15, 0.2) is 0 Å². The molecule has 0 atom stereocenters. The Morgan fingerprint density at radius 1 is 0.750 bits per heavy atom. The molecule has 0 heterocycles. The van der Waals surface area contributed by atoms with Gasteiger partial charge in [0, 0.05) is 18.2 Å². The SMILES string of the molecule is CCC(=O)C(CCCCCCCCCCBr)C(=O)CC. The quantitative estimate of drug-likeness (QED) is 0.237. The number of rotatable bonds is 14. The minimum absolute atomic E-state index is 0.131.